The summed E-state index contributed by atoms with van der Waals surface area (Å²) in [6.07, 6.45) is 6.08. The second-order valence-corrected chi connectivity index (χ2v) is 4.13. The van der Waals surface area contributed by atoms with Crippen LogP contribution in [0.25, 0.3) is 0 Å². The molecular weight excluding hydrogens is 190 g/mol. The Morgan fingerprint density at radius 2 is 2.27 bits per heavy atom. The molecule has 2 aliphatic rings. The molecule has 1 aliphatic heterocycles. The third-order valence-electron chi connectivity index (χ3n) is 2.56. The average Bonchev–Trinajstić information content (AvgIpc) is 3.01. The molecule has 0 aromatic heterocycles. The highest BCUT2D eigenvalue weighted by Gasteiger charge is 2.34. The van der Waals surface area contributed by atoms with Gasteiger partial charge in [0.2, 0.25) is 0 Å². The van der Waals surface area contributed by atoms with Crippen molar-refractivity contribution in [2.24, 2.45) is 10.9 Å². The Hall–Kier alpha value is -1.34. The van der Waals surface area contributed by atoms with E-state index in [1.807, 2.05) is 25.1 Å². The van der Waals surface area contributed by atoms with E-state index in [-0.39, 0.29) is 12.0 Å². The van der Waals surface area contributed by atoms with E-state index in [1.165, 1.54) is 0 Å². The third-order valence-corrected chi connectivity index (χ3v) is 2.56. The molecule has 15 heavy (non-hydrogen) atoms. The van der Waals surface area contributed by atoms with Gasteiger partial charge < -0.3 is 9.64 Å². The fourth-order valence-corrected chi connectivity index (χ4v) is 1.62. The summed E-state index contributed by atoms with van der Waals surface area (Å²) in [5, 5.41) is 9.14. The molecular formula is C11H15N3O. The van der Waals surface area contributed by atoms with Gasteiger partial charge in [-0.3, -0.25) is 0 Å². The van der Waals surface area contributed by atoms with E-state index < -0.39 is 0 Å². The number of rotatable bonds is 2. The molecule has 4 heteroatoms. The first-order valence-corrected chi connectivity index (χ1v) is 5.19. The monoisotopic (exact) mass is 205 g/mol. The van der Waals surface area contributed by atoms with Crippen LogP contribution in [0.5, 0.6) is 0 Å². The zero-order chi connectivity index (χ0) is 10.8. The van der Waals surface area contributed by atoms with Gasteiger partial charge in [-0.15, -0.1) is 0 Å². The zero-order valence-electron chi connectivity index (χ0n) is 9.05. The van der Waals surface area contributed by atoms with Gasteiger partial charge in [0, 0.05) is 20.3 Å². The molecule has 0 radical (unpaired) electrons. The Morgan fingerprint density at radius 1 is 1.53 bits per heavy atom. The first-order valence-electron chi connectivity index (χ1n) is 5.19. The Kier molecular flexibility index (Phi) is 2.74. The summed E-state index contributed by atoms with van der Waals surface area (Å²) in [7, 11) is 3.80. The van der Waals surface area contributed by atoms with E-state index in [2.05, 4.69) is 11.1 Å². The maximum absolute atomic E-state index is 9.14. The summed E-state index contributed by atoms with van der Waals surface area (Å²) in [4.78, 5) is 6.09. The van der Waals surface area contributed by atoms with Crippen molar-refractivity contribution in [3.8, 4) is 6.07 Å². The molecule has 0 aromatic rings. The van der Waals surface area contributed by atoms with E-state index in [4.69, 9.17) is 10.00 Å². The van der Waals surface area contributed by atoms with Crippen molar-refractivity contribution in [2.75, 3.05) is 14.1 Å². The van der Waals surface area contributed by atoms with Crippen LogP contribution in [0.15, 0.2) is 17.3 Å². The van der Waals surface area contributed by atoms with Crippen LogP contribution in [0.4, 0.5) is 0 Å². The predicted octanol–water partition coefficient (Wildman–Crippen LogP) is 1.16. The van der Waals surface area contributed by atoms with Crippen LogP contribution in [0.1, 0.15) is 12.8 Å². The molecule has 2 unspecified atom stereocenters. The van der Waals surface area contributed by atoms with Crippen LogP contribution >= 0.6 is 0 Å². The molecule has 0 saturated heterocycles. The van der Waals surface area contributed by atoms with Gasteiger partial charge in [0.25, 0.3) is 0 Å². The SMILES string of the molecule is CN(C)C1=NC=CC(OC2CC2)C1C#N. The summed E-state index contributed by atoms with van der Waals surface area (Å²) in [5.41, 5.74) is 0. The summed E-state index contributed by atoms with van der Waals surface area (Å²) in [6, 6.07) is 2.27. The maximum Gasteiger partial charge on any atom is 0.134 e. The Bertz CT molecular complexity index is 336. The minimum absolute atomic E-state index is 0.127. The fraction of sp³-hybridized carbons (Fsp3) is 0.636. The largest absolute Gasteiger partial charge is 0.369 e. The lowest BCUT2D eigenvalue weighted by Gasteiger charge is -2.27. The van der Waals surface area contributed by atoms with Gasteiger partial charge in [-0.25, -0.2) is 4.99 Å². The second-order valence-electron chi connectivity index (χ2n) is 4.13. The topological polar surface area (TPSA) is 48.6 Å². The second kappa shape index (κ2) is 4.03. The standard InChI is InChI=1S/C11H15N3O/c1-14(2)11-9(7-12)10(5-6-13-11)15-8-3-4-8/h5-6,8-10H,3-4H2,1-2H3. The van der Waals surface area contributed by atoms with Gasteiger partial charge in [-0.2, -0.15) is 5.26 Å². The minimum atomic E-state index is -0.273. The van der Waals surface area contributed by atoms with Gasteiger partial charge in [0.05, 0.1) is 12.2 Å². The lowest BCUT2D eigenvalue weighted by molar-refractivity contribution is 0.0582. The quantitative estimate of drug-likeness (QED) is 0.679. The Labute approximate surface area is 89.8 Å². The molecule has 1 fully saturated rings. The Balaban J connectivity index is 2.10. The minimum Gasteiger partial charge on any atom is -0.369 e. The van der Waals surface area contributed by atoms with E-state index >= 15 is 0 Å². The number of nitriles is 1. The van der Waals surface area contributed by atoms with Gasteiger partial charge >= 0.3 is 0 Å². The maximum atomic E-state index is 9.14. The molecule has 80 valence electrons. The number of amidine groups is 1. The first-order chi connectivity index (χ1) is 7.22. The highest BCUT2D eigenvalue weighted by atomic mass is 16.5. The van der Waals surface area contributed by atoms with E-state index in [0.29, 0.717) is 6.10 Å². The Morgan fingerprint density at radius 3 is 2.80 bits per heavy atom. The number of hydrogen-bond donors (Lipinski definition) is 0. The van der Waals surface area contributed by atoms with Crippen LogP contribution in [-0.4, -0.2) is 37.0 Å². The molecule has 1 aliphatic carbocycles. The average molecular weight is 205 g/mol. The molecule has 0 N–H and O–H groups in total. The summed E-state index contributed by atoms with van der Waals surface area (Å²) in [5.74, 6) is 0.510. The first kappa shape index (κ1) is 10.2. The molecule has 2 atom stereocenters. The van der Waals surface area contributed by atoms with Crippen molar-refractivity contribution < 1.29 is 4.74 Å². The van der Waals surface area contributed by atoms with Crippen molar-refractivity contribution >= 4 is 5.84 Å². The molecule has 1 heterocycles. The molecule has 2 rings (SSSR count). The summed E-state index contributed by atoms with van der Waals surface area (Å²) < 4.78 is 5.77. The molecule has 0 spiro atoms. The number of aliphatic imine (C=N–C) groups is 1. The van der Waals surface area contributed by atoms with Crippen molar-refractivity contribution in [3.05, 3.63) is 12.3 Å². The fourth-order valence-electron chi connectivity index (χ4n) is 1.62. The van der Waals surface area contributed by atoms with Crippen LogP contribution in [-0.2, 0) is 4.74 Å². The van der Waals surface area contributed by atoms with Gasteiger partial charge in [-0.1, -0.05) is 0 Å². The van der Waals surface area contributed by atoms with Crippen LogP contribution in [0.2, 0.25) is 0 Å². The van der Waals surface area contributed by atoms with E-state index in [1.54, 1.807) is 6.20 Å². The van der Waals surface area contributed by atoms with Crippen molar-refractivity contribution in [2.45, 2.75) is 25.0 Å². The van der Waals surface area contributed by atoms with Gasteiger partial charge in [-0.05, 0) is 18.9 Å². The van der Waals surface area contributed by atoms with Crippen molar-refractivity contribution in [3.63, 3.8) is 0 Å². The van der Waals surface area contributed by atoms with Gasteiger partial charge in [0.1, 0.15) is 17.9 Å². The normalized spacial score (nSPS) is 29.5. The van der Waals surface area contributed by atoms with E-state index in [0.717, 1.165) is 18.7 Å². The highest BCUT2D eigenvalue weighted by molar-refractivity contribution is 5.88. The van der Waals surface area contributed by atoms with Crippen LogP contribution in [0, 0.1) is 17.2 Å². The molecule has 0 bridgehead atoms. The summed E-state index contributed by atoms with van der Waals surface area (Å²) in [6.45, 7) is 0. The van der Waals surface area contributed by atoms with Gasteiger partial charge in [0.15, 0.2) is 0 Å². The zero-order valence-corrected chi connectivity index (χ0v) is 9.05. The lowest BCUT2D eigenvalue weighted by Crippen LogP contribution is -2.38. The molecule has 4 nitrogen and oxygen atoms in total. The molecule has 1 saturated carbocycles. The van der Waals surface area contributed by atoms with Crippen LogP contribution in [0.3, 0.4) is 0 Å². The lowest BCUT2D eigenvalue weighted by atomic mass is 10.00. The van der Waals surface area contributed by atoms with Crippen LogP contribution < -0.4 is 0 Å². The number of hydrogen-bond acceptors (Lipinski definition) is 4. The molecule has 0 amide bonds. The van der Waals surface area contributed by atoms with Crippen molar-refractivity contribution in [1.29, 1.82) is 5.26 Å². The number of nitrogens with zero attached hydrogens (tertiary/aromatic N) is 3. The predicted molar refractivity (Wildman–Crippen MR) is 57.3 cm³/mol. The highest BCUT2D eigenvalue weighted by Crippen LogP contribution is 2.29. The third kappa shape index (κ3) is 2.18. The molecule has 0 aromatic carbocycles. The van der Waals surface area contributed by atoms with E-state index in [9.17, 15) is 0 Å². The summed E-state index contributed by atoms with van der Waals surface area (Å²) >= 11 is 0. The number of ether oxygens (including phenoxy) is 1. The smallest absolute Gasteiger partial charge is 0.134 e. The van der Waals surface area contributed by atoms with Crippen molar-refractivity contribution in [1.82, 2.24) is 4.90 Å².